The summed E-state index contributed by atoms with van der Waals surface area (Å²) in [4.78, 5) is 11.6. The van der Waals surface area contributed by atoms with Crippen LogP contribution < -0.4 is 5.32 Å². The third-order valence-corrected chi connectivity index (χ3v) is 2.61. The van der Waals surface area contributed by atoms with E-state index in [1.54, 1.807) is 6.92 Å². The Labute approximate surface area is 102 Å². The van der Waals surface area contributed by atoms with Crippen LogP contribution in [0.15, 0.2) is 30.3 Å². The Morgan fingerprint density at radius 1 is 1.41 bits per heavy atom. The quantitative estimate of drug-likeness (QED) is 0.767. The number of methoxy groups -OCH3 is 1. The zero-order valence-corrected chi connectivity index (χ0v) is 10.2. The lowest BCUT2D eigenvalue weighted by Crippen LogP contribution is -2.44. The summed E-state index contributed by atoms with van der Waals surface area (Å²) in [5.41, 5.74) is 1.08. The van der Waals surface area contributed by atoms with Crippen molar-refractivity contribution >= 4 is 5.91 Å². The number of aliphatic hydroxyl groups excluding tert-OH is 1. The largest absolute Gasteiger partial charge is 0.394 e. The normalized spacial score (nSPS) is 14.1. The fourth-order valence-electron chi connectivity index (χ4n) is 1.49. The number of amides is 1. The van der Waals surface area contributed by atoms with Crippen LogP contribution in [0.25, 0.3) is 0 Å². The van der Waals surface area contributed by atoms with E-state index in [4.69, 9.17) is 4.74 Å². The number of nitrogens with one attached hydrogen (secondary N) is 1. The lowest BCUT2D eigenvalue weighted by atomic mass is 10.1. The number of hydrogen-bond acceptors (Lipinski definition) is 3. The monoisotopic (exact) mass is 237 g/mol. The number of benzene rings is 1. The van der Waals surface area contributed by atoms with Crippen molar-refractivity contribution in [3.05, 3.63) is 35.9 Å². The van der Waals surface area contributed by atoms with E-state index in [0.29, 0.717) is 6.42 Å². The molecule has 0 saturated heterocycles. The molecular weight excluding hydrogens is 218 g/mol. The number of aliphatic hydroxyl groups is 1. The van der Waals surface area contributed by atoms with Crippen LogP contribution in [0.5, 0.6) is 0 Å². The standard InChI is InChI=1S/C13H19NO3/c1-10(17-2)13(16)14-12(9-15)8-11-6-4-3-5-7-11/h3-7,10,12,15H,8-9H2,1-2H3,(H,14,16). The smallest absolute Gasteiger partial charge is 0.249 e. The minimum absolute atomic E-state index is 0.0862. The second kappa shape index (κ2) is 7.04. The van der Waals surface area contributed by atoms with Gasteiger partial charge in [0.15, 0.2) is 0 Å². The molecule has 1 amide bonds. The SMILES string of the molecule is COC(C)C(=O)NC(CO)Cc1ccccc1. The fraction of sp³-hybridized carbons (Fsp3) is 0.462. The van der Waals surface area contributed by atoms with E-state index >= 15 is 0 Å². The molecule has 0 spiro atoms. The van der Waals surface area contributed by atoms with Crippen LogP contribution in [0.4, 0.5) is 0 Å². The molecule has 0 radical (unpaired) electrons. The third kappa shape index (κ3) is 4.54. The van der Waals surface area contributed by atoms with Gasteiger partial charge in [-0.25, -0.2) is 0 Å². The molecule has 2 N–H and O–H groups in total. The molecule has 17 heavy (non-hydrogen) atoms. The van der Waals surface area contributed by atoms with Crippen molar-refractivity contribution in [2.45, 2.75) is 25.5 Å². The van der Waals surface area contributed by atoms with Crippen LogP contribution >= 0.6 is 0 Å². The molecule has 0 aliphatic heterocycles. The van der Waals surface area contributed by atoms with Crippen molar-refractivity contribution in [3.8, 4) is 0 Å². The van der Waals surface area contributed by atoms with Crippen LogP contribution in [0, 0.1) is 0 Å². The van der Waals surface area contributed by atoms with E-state index in [0.717, 1.165) is 5.56 Å². The molecule has 4 heteroatoms. The summed E-state index contributed by atoms with van der Waals surface area (Å²) < 4.78 is 4.91. The van der Waals surface area contributed by atoms with E-state index in [9.17, 15) is 9.90 Å². The van der Waals surface area contributed by atoms with Crippen molar-refractivity contribution in [2.24, 2.45) is 0 Å². The highest BCUT2D eigenvalue weighted by molar-refractivity contribution is 5.80. The summed E-state index contributed by atoms with van der Waals surface area (Å²) in [6.45, 7) is 1.59. The first kappa shape index (κ1) is 13.7. The zero-order chi connectivity index (χ0) is 12.7. The van der Waals surface area contributed by atoms with Crippen molar-refractivity contribution in [2.75, 3.05) is 13.7 Å². The lowest BCUT2D eigenvalue weighted by Gasteiger charge is -2.18. The van der Waals surface area contributed by atoms with Gasteiger partial charge in [0.05, 0.1) is 12.6 Å². The highest BCUT2D eigenvalue weighted by atomic mass is 16.5. The fourth-order valence-corrected chi connectivity index (χ4v) is 1.49. The molecule has 1 rings (SSSR count). The van der Waals surface area contributed by atoms with Gasteiger partial charge in [-0.05, 0) is 18.9 Å². The summed E-state index contributed by atoms with van der Waals surface area (Å²) in [5.74, 6) is -0.206. The van der Waals surface area contributed by atoms with Crippen molar-refractivity contribution in [1.82, 2.24) is 5.32 Å². The van der Waals surface area contributed by atoms with Crippen molar-refractivity contribution < 1.29 is 14.6 Å². The Balaban J connectivity index is 2.52. The van der Waals surface area contributed by atoms with E-state index < -0.39 is 6.10 Å². The first-order valence-electron chi connectivity index (χ1n) is 5.65. The summed E-state index contributed by atoms with van der Waals surface area (Å²) >= 11 is 0. The maximum atomic E-state index is 11.6. The number of carbonyl (C=O) groups is 1. The second-order valence-corrected chi connectivity index (χ2v) is 3.96. The first-order chi connectivity index (χ1) is 8.17. The van der Waals surface area contributed by atoms with Crippen LogP contribution in [0.1, 0.15) is 12.5 Å². The van der Waals surface area contributed by atoms with E-state index in [2.05, 4.69) is 5.32 Å². The van der Waals surface area contributed by atoms with Gasteiger partial charge >= 0.3 is 0 Å². The molecule has 0 saturated carbocycles. The molecule has 2 atom stereocenters. The van der Waals surface area contributed by atoms with E-state index in [-0.39, 0.29) is 18.6 Å². The van der Waals surface area contributed by atoms with Gasteiger partial charge in [-0.2, -0.15) is 0 Å². The molecule has 0 aliphatic carbocycles. The van der Waals surface area contributed by atoms with Gasteiger partial charge in [-0.15, -0.1) is 0 Å². The molecule has 1 aromatic rings. The minimum atomic E-state index is -0.500. The molecular formula is C13H19NO3. The van der Waals surface area contributed by atoms with Crippen molar-refractivity contribution in [1.29, 1.82) is 0 Å². The maximum Gasteiger partial charge on any atom is 0.249 e. The number of hydrogen-bond donors (Lipinski definition) is 2. The Bertz CT molecular complexity index is 340. The summed E-state index contributed by atoms with van der Waals surface area (Å²) in [5, 5.41) is 12.0. The molecule has 0 aliphatic rings. The van der Waals surface area contributed by atoms with E-state index in [1.807, 2.05) is 30.3 Å². The van der Waals surface area contributed by atoms with Gasteiger partial charge in [0.2, 0.25) is 5.91 Å². The van der Waals surface area contributed by atoms with Gasteiger partial charge in [0.1, 0.15) is 6.10 Å². The Morgan fingerprint density at radius 2 is 2.06 bits per heavy atom. The lowest BCUT2D eigenvalue weighted by molar-refractivity contribution is -0.131. The first-order valence-corrected chi connectivity index (χ1v) is 5.65. The van der Waals surface area contributed by atoms with Gasteiger partial charge < -0.3 is 15.2 Å². The number of ether oxygens (including phenoxy) is 1. The van der Waals surface area contributed by atoms with Gasteiger partial charge in [-0.3, -0.25) is 4.79 Å². The maximum absolute atomic E-state index is 11.6. The summed E-state index contributed by atoms with van der Waals surface area (Å²) in [6, 6.07) is 9.46. The van der Waals surface area contributed by atoms with Crippen LogP contribution in [0.2, 0.25) is 0 Å². The molecule has 1 aromatic carbocycles. The second-order valence-electron chi connectivity index (χ2n) is 3.96. The Hall–Kier alpha value is -1.39. The van der Waals surface area contributed by atoms with E-state index in [1.165, 1.54) is 7.11 Å². The molecule has 2 unspecified atom stereocenters. The third-order valence-electron chi connectivity index (χ3n) is 2.61. The Kier molecular flexibility index (Phi) is 5.66. The predicted molar refractivity (Wildman–Crippen MR) is 65.6 cm³/mol. The van der Waals surface area contributed by atoms with Crippen LogP contribution in [-0.2, 0) is 16.0 Å². The topological polar surface area (TPSA) is 58.6 Å². The highest BCUT2D eigenvalue weighted by Gasteiger charge is 2.16. The van der Waals surface area contributed by atoms with Crippen molar-refractivity contribution in [3.63, 3.8) is 0 Å². The summed E-state index contributed by atoms with van der Waals surface area (Å²) in [7, 11) is 1.48. The predicted octanol–water partition coefficient (Wildman–Crippen LogP) is 0.741. The molecule has 4 nitrogen and oxygen atoms in total. The number of carbonyl (C=O) groups excluding carboxylic acids is 1. The molecule has 0 aromatic heterocycles. The molecule has 0 fully saturated rings. The summed E-state index contributed by atoms with van der Waals surface area (Å²) in [6.07, 6.45) is 0.110. The molecule has 0 heterocycles. The van der Waals surface area contributed by atoms with Gasteiger partial charge in [0, 0.05) is 7.11 Å². The van der Waals surface area contributed by atoms with Crippen LogP contribution in [0.3, 0.4) is 0 Å². The van der Waals surface area contributed by atoms with Gasteiger partial charge in [-0.1, -0.05) is 30.3 Å². The molecule has 94 valence electrons. The zero-order valence-electron chi connectivity index (χ0n) is 10.2. The number of rotatable bonds is 6. The molecule has 0 bridgehead atoms. The minimum Gasteiger partial charge on any atom is -0.394 e. The average molecular weight is 237 g/mol. The van der Waals surface area contributed by atoms with Crippen LogP contribution in [-0.4, -0.2) is 36.9 Å². The Morgan fingerprint density at radius 3 is 2.59 bits per heavy atom. The highest BCUT2D eigenvalue weighted by Crippen LogP contribution is 2.03. The van der Waals surface area contributed by atoms with Gasteiger partial charge in [0.25, 0.3) is 0 Å². The average Bonchev–Trinajstić information content (AvgIpc) is 2.38.